The molecule has 0 aliphatic carbocycles. The molecule has 0 radical (unpaired) electrons. The number of fused-ring (bicyclic) bond motifs is 1. The Bertz CT molecular complexity index is 954. The van der Waals surface area contributed by atoms with Crippen LogP contribution in [0, 0.1) is 0 Å². The van der Waals surface area contributed by atoms with Crippen molar-refractivity contribution in [1.82, 2.24) is 4.98 Å². The molecule has 118 valence electrons. The second kappa shape index (κ2) is 6.18. The first-order valence-electron chi connectivity index (χ1n) is 7.15. The number of nitrogens with one attached hydrogen (secondary N) is 1. The number of aryl methyl sites for hydroxylation is 1. The molecule has 0 fully saturated rings. The van der Waals surface area contributed by atoms with Gasteiger partial charge in [-0.3, -0.25) is 9.71 Å². The van der Waals surface area contributed by atoms with Gasteiger partial charge in [0.1, 0.15) is 0 Å². The molecule has 0 bridgehead atoms. The summed E-state index contributed by atoms with van der Waals surface area (Å²) >= 11 is 5.79. The fourth-order valence-electron chi connectivity index (χ4n) is 2.41. The Morgan fingerprint density at radius 3 is 2.52 bits per heavy atom. The third kappa shape index (κ3) is 3.30. The smallest absolute Gasteiger partial charge is 0.261 e. The average Bonchev–Trinajstić information content (AvgIpc) is 2.54. The fraction of sp³-hybridized carbons (Fsp3) is 0.118. The lowest BCUT2D eigenvalue weighted by molar-refractivity contribution is 0.601. The van der Waals surface area contributed by atoms with Crippen LogP contribution in [0.2, 0.25) is 5.02 Å². The first kappa shape index (κ1) is 15.8. The number of halogens is 1. The summed E-state index contributed by atoms with van der Waals surface area (Å²) in [5.74, 6) is 0. The van der Waals surface area contributed by atoms with Crippen LogP contribution < -0.4 is 4.72 Å². The van der Waals surface area contributed by atoms with Crippen LogP contribution >= 0.6 is 11.6 Å². The van der Waals surface area contributed by atoms with Gasteiger partial charge in [-0.25, -0.2) is 8.42 Å². The second-order valence-electron chi connectivity index (χ2n) is 5.11. The third-order valence-electron chi connectivity index (χ3n) is 3.56. The fourth-order valence-corrected chi connectivity index (χ4v) is 3.59. The lowest BCUT2D eigenvalue weighted by Gasteiger charge is -2.10. The molecular formula is C17H15ClN2O2S. The molecule has 4 nitrogen and oxygen atoms in total. The lowest BCUT2D eigenvalue weighted by Crippen LogP contribution is -2.12. The van der Waals surface area contributed by atoms with Crippen molar-refractivity contribution in [3.05, 3.63) is 65.4 Å². The van der Waals surface area contributed by atoms with Gasteiger partial charge < -0.3 is 0 Å². The van der Waals surface area contributed by atoms with Crippen LogP contribution in [-0.4, -0.2) is 13.4 Å². The summed E-state index contributed by atoms with van der Waals surface area (Å²) < 4.78 is 27.4. The number of pyridine rings is 1. The highest BCUT2D eigenvalue weighted by molar-refractivity contribution is 7.92. The van der Waals surface area contributed by atoms with E-state index in [9.17, 15) is 8.42 Å². The van der Waals surface area contributed by atoms with Crippen LogP contribution in [0.25, 0.3) is 10.8 Å². The van der Waals surface area contributed by atoms with E-state index in [1.54, 1.807) is 24.4 Å². The van der Waals surface area contributed by atoms with Gasteiger partial charge in [0.2, 0.25) is 0 Å². The molecule has 0 aliphatic rings. The summed E-state index contributed by atoms with van der Waals surface area (Å²) in [6, 6.07) is 13.4. The van der Waals surface area contributed by atoms with E-state index >= 15 is 0 Å². The molecule has 6 heteroatoms. The number of aromatic nitrogens is 1. The molecule has 0 saturated heterocycles. The van der Waals surface area contributed by atoms with Gasteiger partial charge >= 0.3 is 0 Å². The summed E-state index contributed by atoms with van der Waals surface area (Å²) in [5, 5.41) is 2.48. The third-order valence-corrected chi connectivity index (χ3v) is 5.21. The molecule has 1 aromatic heterocycles. The van der Waals surface area contributed by atoms with Crippen molar-refractivity contribution >= 4 is 38.1 Å². The van der Waals surface area contributed by atoms with Crippen molar-refractivity contribution in [3.63, 3.8) is 0 Å². The molecule has 1 N–H and O–H groups in total. The van der Waals surface area contributed by atoms with E-state index in [1.165, 1.54) is 12.1 Å². The van der Waals surface area contributed by atoms with Gasteiger partial charge in [0.15, 0.2) is 0 Å². The monoisotopic (exact) mass is 346 g/mol. The van der Waals surface area contributed by atoms with Crippen LogP contribution in [0.3, 0.4) is 0 Å². The van der Waals surface area contributed by atoms with Gasteiger partial charge in [0.05, 0.1) is 4.90 Å². The van der Waals surface area contributed by atoms with Gasteiger partial charge in [-0.05, 0) is 54.3 Å². The zero-order valence-corrected chi connectivity index (χ0v) is 14.0. The highest BCUT2D eigenvalue weighted by Crippen LogP contribution is 2.24. The van der Waals surface area contributed by atoms with Gasteiger partial charge in [-0.2, -0.15) is 0 Å². The first-order chi connectivity index (χ1) is 11.0. The van der Waals surface area contributed by atoms with Gasteiger partial charge in [-0.1, -0.05) is 24.6 Å². The first-order valence-corrected chi connectivity index (χ1v) is 9.02. The summed E-state index contributed by atoms with van der Waals surface area (Å²) in [6.45, 7) is 2.04. The number of hydrogen-bond acceptors (Lipinski definition) is 3. The number of hydrogen-bond donors (Lipinski definition) is 1. The van der Waals surface area contributed by atoms with E-state index in [2.05, 4.69) is 9.71 Å². The Balaban J connectivity index is 1.96. The predicted octanol–water partition coefficient (Wildman–Crippen LogP) is 4.25. The molecule has 0 saturated carbocycles. The van der Waals surface area contributed by atoms with E-state index in [4.69, 9.17) is 11.6 Å². The van der Waals surface area contributed by atoms with E-state index in [0.717, 1.165) is 22.9 Å². The second-order valence-corrected chi connectivity index (χ2v) is 7.23. The Morgan fingerprint density at radius 1 is 1.09 bits per heavy atom. The SMILES string of the molecule is CCc1nccc2cc(NS(=O)(=O)c3ccc(Cl)cc3)ccc12. The molecular weight excluding hydrogens is 332 g/mol. The molecule has 0 amide bonds. The zero-order chi connectivity index (χ0) is 16.4. The maximum atomic E-state index is 12.4. The number of rotatable bonds is 4. The zero-order valence-electron chi connectivity index (χ0n) is 12.5. The Morgan fingerprint density at radius 2 is 1.83 bits per heavy atom. The van der Waals surface area contributed by atoms with Crippen LogP contribution in [0.1, 0.15) is 12.6 Å². The average molecular weight is 347 g/mol. The summed E-state index contributed by atoms with van der Waals surface area (Å²) in [6.07, 6.45) is 2.56. The summed E-state index contributed by atoms with van der Waals surface area (Å²) in [5.41, 5.74) is 1.51. The Labute approximate surface area is 140 Å². The van der Waals surface area contributed by atoms with Crippen molar-refractivity contribution in [2.45, 2.75) is 18.2 Å². The number of benzene rings is 2. The molecule has 3 aromatic rings. The normalized spacial score (nSPS) is 11.6. The molecule has 23 heavy (non-hydrogen) atoms. The maximum absolute atomic E-state index is 12.4. The molecule has 0 spiro atoms. The minimum absolute atomic E-state index is 0.172. The van der Waals surface area contributed by atoms with Crippen molar-refractivity contribution in [2.75, 3.05) is 4.72 Å². The van der Waals surface area contributed by atoms with Crippen molar-refractivity contribution in [2.24, 2.45) is 0 Å². The van der Waals surface area contributed by atoms with Crippen LogP contribution in [-0.2, 0) is 16.4 Å². The number of sulfonamides is 1. The molecule has 0 atom stereocenters. The standard InChI is InChI=1S/C17H15ClN2O2S/c1-2-17-16-8-5-14(11-12(16)9-10-19-17)20-23(21,22)15-6-3-13(18)4-7-15/h3-11,20H,2H2,1H3. The predicted molar refractivity (Wildman–Crippen MR) is 93.4 cm³/mol. The highest BCUT2D eigenvalue weighted by atomic mass is 35.5. The lowest BCUT2D eigenvalue weighted by atomic mass is 10.1. The van der Waals surface area contributed by atoms with Crippen molar-refractivity contribution in [3.8, 4) is 0 Å². The topological polar surface area (TPSA) is 59.1 Å². The number of anilines is 1. The molecule has 1 heterocycles. The van der Waals surface area contributed by atoms with E-state index < -0.39 is 10.0 Å². The Kier molecular flexibility index (Phi) is 4.24. The largest absolute Gasteiger partial charge is 0.280 e. The highest BCUT2D eigenvalue weighted by Gasteiger charge is 2.14. The van der Waals surface area contributed by atoms with Crippen LogP contribution in [0.4, 0.5) is 5.69 Å². The minimum Gasteiger partial charge on any atom is -0.280 e. The molecule has 3 rings (SSSR count). The number of nitrogens with zero attached hydrogens (tertiary/aromatic N) is 1. The van der Waals surface area contributed by atoms with Crippen LogP contribution in [0.5, 0.6) is 0 Å². The van der Waals surface area contributed by atoms with Crippen molar-refractivity contribution in [1.29, 1.82) is 0 Å². The van der Waals surface area contributed by atoms with E-state index in [-0.39, 0.29) is 4.90 Å². The Hall–Kier alpha value is -2.11. The molecule has 0 aliphatic heterocycles. The summed E-state index contributed by atoms with van der Waals surface area (Å²) in [4.78, 5) is 4.51. The van der Waals surface area contributed by atoms with Crippen molar-refractivity contribution < 1.29 is 8.42 Å². The molecule has 0 unspecified atom stereocenters. The van der Waals surface area contributed by atoms with Crippen LogP contribution in [0.15, 0.2) is 59.6 Å². The van der Waals surface area contributed by atoms with Gasteiger partial charge in [-0.15, -0.1) is 0 Å². The van der Waals surface area contributed by atoms with E-state index in [1.807, 2.05) is 25.1 Å². The molecule has 2 aromatic carbocycles. The van der Waals surface area contributed by atoms with E-state index in [0.29, 0.717) is 10.7 Å². The van der Waals surface area contributed by atoms with Gasteiger partial charge in [0, 0.05) is 28.0 Å². The quantitative estimate of drug-likeness (QED) is 0.768. The van der Waals surface area contributed by atoms with Gasteiger partial charge in [0.25, 0.3) is 10.0 Å². The maximum Gasteiger partial charge on any atom is 0.261 e. The summed E-state index contributed by atoms with van der Waals surface area (Å²) in [7, 11) is -3.64. The minimum atomic E-state index is -3.64.